The maximum atomic E-state index is 12.1. The molecule has 0 saturated carbocycles. The molecule has 28 heavy (non-hydrogen) atoms. The molecule has 7 nitrogen and oxygen atoms in total. The number of nitrogens with one attached hydrogen (secondary N) is 2. The summed E-state index contributed by atoms with van der Waals surface area (Å²) in [5, 5.41) is 3.41. The molecule has 9 heteroatoms. The van der Waals surface area contributed by atoms with E-state index in [4.69, 9.17) is 21.1 Å². The molecule has 0 aliphatic rings. The molecule has 0 bridgehead atoms. The molecule has 2 aromatic rings. The van der Waals surface area contributed by atoms with Crippen molar-refractivity contribution in [1.29, 1.82) is 0 Å². The predicted molar refractivity (Wildman–Crippen MR) is 111 cm³/mol. The number of anilines is 2. The van der Waals surface area contributed by atoms with Crippen molar-refractivity contribution in [3.05, 3.63) is 47.0 Å². The SMILES string of the molecule is COc1ccc(NC(=O)CCCOc2ccc(Cl)c(C)c2)cc1NS(C)(=O)=O. The molecule has 0 aliphatic carbocycles. The number of methoxy groups -OCH3 is 1. The van der Waals surface area contributed by atoms with E-state index in [9.17, 15) is 13.2 Å². The minimum atomic E-state index is -3.47. The van der Waals surface area contributed by atoms with Gasteiger partial charge in [0.2, 0.25) is 15.9 Å². The van der Waals surface area contributed by atoms with Gasteiger partial charge in [-0.3, -0.25) is 9.52 Å². The molecular weight excluding hydrogens is 404 g/mol. The Morgan fingerprint density at radius 1 is 1.18 bits per heavy atom. The summed E-state index contributed by atoms with van der Waals surface area (Å²) < 4.78 is 36.0. The van der Waals surface area contributed by atoms with Gasteiger partial charge in [-0.05, 0) is 55.3 Å². The zero-order chi connectivity index (χ0) is 20.7. The molecule has 0 aliphatic heterocycles. The molecule has 0 heterocycles. The first kappa shape index (κ1) is 21.8. The van der Waals surface area contributed by atoms with Crippen LogP contribution in [0.5, 0.6) is 11.5 Å². The number of halogens is 1. The zero-order valence-corrected chi connectivity index (χ0v) is 17.5. The summed E-state index contributed by atoms with van der Waals surface area (Å²) in [5.74, 6) is 0.857. The molecular formula is C19H23ClN2O5S. The van der Waals surface area contributed by atoms with Gasteiger partial charge in [-0.15, -0.1) is 0 Å². The summed E-state index contributed by atoms with van der Waals surface area (Å²) in [6, 6.07) is 10.1. The molecule has 2 aromatic carbocycles. The number of ether oxygens (including phenoxy) is 2. The summed E-state index contributed by atoms with van der Waals surface area (Å²) in [7, 11) is -2.04. The number of carbonyl (C=O) groups is 1. The lowest BCUT2D eigenvalue weighted by molar-refractivity contribution is -0.116. The first-order valence-electron chi connectivity index (χ1n) is 8.52. The van der Waals surface area contributed by atoms with E-state index in [1.165, 1.54) is 13.2 Å². The van der Waals surface area contributed by atoms with Crippen molar-refractivity contribution >= 4 is 38.9 Å². The normalized spacial score (nSPS) is 11.0. The van der Waals surface area contributed by atoms with Crippen LogP contribution in [0, 0.1) is 6.92 Å². The Hall–Kier alpha value is -2.45. The smallest absolute Gasteiger partial charge is 0.229 e. The van der Waals surface area contributed by atoms with E-state index < -0.39 is 10.0 Å². The van der Waals surface area contributed by atoms with E-state index in [0.717, 1.165) is 11.8 Å². The highest BCUT2D eigenvalue weighted by molar-refractivity contribution is 7.92. The fourth-order valence-corrected chi connectivity index (χ4v) is 3.09. The lowest BCUT2D eigenvalue weighted by atomic mass is 10.2. The van der Waals surface area contributed by atoms with E-state index >= 15 is 0 Å². The van der Waals surface area contributed by atoms with Crippen molar-refractivity contribution < 1.29 is 22.7 Å². The summed E-state index contributed by atoms with van der Waals surface area (Å²) in [5.41, 5.74) is 1.64. The van der Waals surface area contributed by atoms with Crippen LogP contribution in [0.15, 0.2) is 36.4 Å². The fraction of sp³-hybridized carbons (Fsp3) is 0.316. The van der Waals surface area contributed by atoms with Crippen LogP contribution < -0.4 is 19.5 Å². The Morgan fingerprint density at radius 3 is 2.57 bits per heavy atom. The van der Waals surface area contributed by atoms with Gasteiger partial charge >= 0.3 is 0 Å². The summed E-state index contributed by atoms with van der Waals surface area (Å²) in [4.78, 5) is 12.1. The molecule has 1 amide bonds. The Balaban J connectivity index is 1.86. The Labute approximate surface area is 170 Å². The number of aryl methyl sites for hydroxylation is 1. The monoisotopic (exact) mass is 426 g/mol. The quantitative estimate of drug-likeness (QED) is 0.594. The van der Waals surface area contributed by atoms with Crippen molar-refractivity contribution in [2.45, 2.75) is 19.8 Å². The van der Waals surface area contributed by atoms with Gasteiger partial charge < -0.3 is 14.8 Å². The van der Waals surface area contributed by atoms with Crippen molar-refractivity contribution in [3.63, 3.8) is 0 Å². The van der Waals surface area contributed by atoms with Crippen LogP contribution in [0.1, 0.15) is 18.4 Å². The Kier molecular flexibility index (Phi) is 7.53. The fourth-order valence-electron chi connectivity index (χ4n) is 2.42. The molecule has 0 saturated heterocycles. The molecule has 0 atom stereocenters. The predicted octanol–water partition coefficient (Wildman–Crippen LogP) is 3.83. The number of hydrogen-bond acceptors (Lipinski definition) is 5. The number of amides is 1. The van der Waals surface area contributed by atoms with Crippen LogP contribution in [0.3, 0.4) is 0 Å². The molecule has 0 unspecified atom stereocenters. The van der Waals surface area contributed by atoms with Gasteiger partial charge in [-0.25, -0.2) is 8.42 Å². The molecule has 0 aromatic heterocycles. The largest absolute Gasteiger partial charge is 0.495 e. The second-order valence-electron chi connectivity index (χ2n) is 6.20. The molecule has 2 rings (SSSR count). The van der Waals surface area contributed by atoms with Crippen molar-refractivity contribution in [1.82, 2.24) is 0 Å². The van der Waals surface area contributed by atoms with Crippen molar-refractivity contribution in [2.24, 2.45) is 0 Å². The number of benzene rings is 2. The zero-order valence-electron chi connectivity index (χ0n) is 15.9. The molecule has 152 valence electrons. The third-order valence-corrected chi connectivity index (χ3v) is 4.74. The third kappa shape index (κ3) is 6.94. The van der Waals surface area contributed by atoms with Gasteiger partial charge in [0.05, 0.1) is 25.7 Å². The standard InChI is InChI=1S/C19H23ClN2O5S/c1-13-11-15(7-8-16(13)20)27-10-4-5-19(23)21-14-6-9-18(26-2)17(12-14)22-28(3,24)25/h6-9,11-12,22H,4-5,10H2,1-3H3,(H,21,23). The van der Waals surface area contributed by atoms with Crippen LogP contribution in [-0.4, -0.2) is 34.3 Å². The Bertz CT molecular complexity index is 947. The van der Waals surface area contributed by atoms with E-state index in [2.05, 4.69) is 10.0 Å². The average molecular weight is 427 g/mol. The molecule has 2 N–H and O–H groups in total. The lowest BCUT2D eigenvalue weighted by Crippen LogP contribution is -2.14. The summed E-state index contributed by atoms with van der Waals surface area (Å²) >= 11 is 5.97. The number of hydrogen-bond donors (Lipinski definition) is 2. The summed E-state index contributed by atoms with van der Waals surface area (Å²) in [6.45, 7) is 2.28. The first-order chi connectivity index (χ1) is 13.2. The van der Waals surface area contributed by atoms with Gasteiger partial charge in [-0.2, -0.15) is 0 Å². The highest BCUT2D eigenvalue weighted by Crippen LogP contribution is 2.28. The molecule has 0 fully saturated rings. The minimum Gasteiger partial charge on any atom is -0.495 e. The highest BCUT2D eigenvalue weighted by atomic mass is 35.5. The maximum Gasteiger partial charge on any atom is 0.229 e. The Morgan fingerprint density at radius 2 is 1.93 bits per heavy atom. The topological polar surface area (TPSA) is 93.7 Å². The number of carbonyl (C=O) groups excluding carboxylic acids is 1. The minimum absolute atomic E-state index is 0.202. The van der Waals surface area contributed by atoms with Gasteiger partial charge in [-0.1, -0.05) is 11.6 Å². The van der Waals surface area contributed by atoms with Crippen molar-refractivity contribution in [3.8, 4) is 11.5 Å². The van der Waals surface area contributed by atoms with E-state index in [0.29, 0.717) is 35.2 Å². The second-order valence-corrected chi connectivity index (χ2v) is 8.36. The van der Waals surface area contributed by atoms with Crippen LogP contribution >= 0.6 is 11.6 Å². The van der Waals surface area contributed by atoms with E-state index in [-0.39, 0.29) is 18.0 Å². The first-order valence-corrected chi connectivity index (χ1v) is 10.8. The number of sulfonamides is 1. The van der Waals surface area contributed by atoms with Gasteiger partial charge in [0, 0.05) is 17.1 Å². The number of rotatable bonds is 9. The van der Waals surface area contributed by atoms with Crippen LogP contribution in [0.4, 0.5) is 11.4 Å². The summed E-state index contributed by atoms with van der Waals surface area (Å²) in [6.07, 6.45) is 1.82. The van der Waals surface area contributed by atoms with E-state index in [1.807, 2.05) is 13.0 Å². The second kappa shape index (κ2) is 9.66. The van der Waals surface area contributed by atoms with Crippen LogP contribution in [0.25, 0.3) is 0 Å². The average Bonchev–Trinajstić information content (AvgIpc) is 2.60. The van der Waals surface area contributed by atoms with Crippen molar-refractivity contribution in [2.75, 3.05) is 30.0 Å². The highest BCUT2D eigenvalue weighted by Gasteiger charge is 2.11. The third-order valence-electron chi connectivity index (χ3n) is 3.72. The molecule has 0 radical (unpaired) electrons. The van der Waals surface area contributed by atoms with Crippen LogP contribution in [-0.2, 0) is 14.8 Å². The van der Waals surface area contributed by atoms with Gasteiger partial charge in [0.25, 0.3) is 0 Å². The van der Waals surface area contributed by atoms with Gasteiger partial charge in [0.15, 0.2) is 0 Å². The molecule has 0 spiro atoms. The maximum absolute atomic E-state index is 12.1. The van der Waals surface area contributed by atoms with E-state index in [1.54, 1.807) is 24.3 Å². The lowest BCUT2D eigenvalue weighted by Gasteiger charge is -2.12. The van der Waals surface area contributed by atoms with Gasteiger partial charge in [0.1, 0.15) is 11.5 Å². The van der Waals surface area contributed by atoms with Crippen LogP contribution in [0.2, 0.25) is 5.02 Å².